The normalized spacial score (nSPS) is 16.9. The Morgan fingerprint density at radius 2 is 2.00 bits per heavy atom. The molecule has 1 atom stereocenters. The molecule has 7 heteroatoms. The van der Waals surface area contributed by atoms with E-state index in [1.807, 2.05) is 29.8 Å². The molecule has 1 aliphatic heterocycles. The highest BCUT2D eigenvalue weighted by Gasteiger charge is 2.23. The van der Waals surface area contributed by atoms with Crippen LogP contribution in [-0.4, -0.2) is 61.9 Å². The number of aromatic nitrogens is 1. The second-order valence-corrected chi connectivity index (χ2v) is 6.60. The van der Waals surface area contributed by atoms with Crippen LogP contribution in [0.2, 0.25) is 0 Å². The summed E-state index contributed by atoms with van der Waals surface area (Å²) >= 11 is 1.67. The third-order valence-corrected chi connectivity index (χ3v) is 5.12. The van der Waals surface area contributed by atoms with E-state index in [4.69, 9.17) is 9.47 Å². The van der Waals surface area contributed by atoms with Crippen molar-refractivity contribution in [3.63, 3.8) is 0 Å². The van der Waals surface area contributed by atoms with Crippen molar-refractivity contribution >= 4 is 16.5 Å². The highest BCUT2D eigenvalue weighted by molar-refractivity contribution is 7.13. The van der Waals surface area contributed by atoms with Gasteiger partial charge in [0.15, 0.2) is 5.13 Å². The Bertz CT molecular complexity index is 643. The van der Waals surface area contributed by atoms with E-state index >= 15 is 0 Å². The average molecular weight is 349 g/mol. The molecule has 24 heavy (non-hydrogen) atoms. The number of methoxy groups -OCH3 is 2. The van der Waals surface area contributed by atoms with Crippen molar-refractivity contribution in [2.24, 2.45) is 0 Å². The van der Waals surface area contributed by atoms with Crippen molar-refractivity contribution in [2.45, 2.75) is 6.10 Å². The minimum atomic E-state index is -0.610. The van der Waals surface area contributed by atoms with Gasteiger partial charge in [-0.2, -0.15) is 0 Å². The van der Waals surface area contributed by atoms with Crippen molar-refractivity contribution in [2.75, 3.05) is 51.8 Å². The highest BCUT2D eigenvalue weighted by atomic mass is 32.1. The summed E-state index contributed by atoms with van der Waals surface area (Å²) < 4.78 is 10.6. The monoisotopic (exact) mass is 349 g/mol. The van der Waals surface area contributed by atoms with Crippen molar-refractivity contribution in [3.05, 3.63) is 35.3 Å². The predicted octanol–water partition coefficient (Wildman–Crippen LogP) is 2.02. The maximum atomic E-state index is 10.7. The summed E-state index contributed by atoms with van der Waals surface area (Å²) in [4.78, 5) is 8.92. The van der Waals surface area contributed by atoms with Gasteiger partial charge >= 0.3 is 0 Å². The molecule has 0 spiro atoms. The zero-order chi connectivity index (χ0) is 16.9. The van der Waals surface area contributed by atoms with Gasteiger partial charge in [0, 0.05) is 49.9 Å². The summed E-state index contributed by atoms with van der Waals surface area (Å²) in [6.07, 6.45) is 1.23. The van der Waals surface area contributed by atoms with Gasteiger partial charge in [-0.3, -0.25) is 4.90 Å². The molecule has 1 aliphatic rings. The van der Waals surface area contributed by atoms with Crippen LogP contribution in [0.1, 0.15) is 11.7 Å². The lowest BCUT2D eigenvalue weighted by molar-refractivity contribution is 0.107. The molecule has 0 amide bonds. The number of anilines is 1. The molecule has 1 fully saturated rings. The molecule has 0 saturated carbocycles. The molecule has 0 bridgehead atoms. The maximum absolute atomic E-state index is 10.7. The van der Waals surface area contributed by atoms with E-state index in [1.165, 1.54) is 0 Å². The quantitative estimate of drug-likeness (QED) is 0.861. The summed E-state index contributed by atoms with van der Waals surface area (Å²) in [5, 5.41) is 13.7. The van der Waals surface area contributed by atoms with Crippen molar-refractivity contribution < 1.29 is 14.6 Å². The van der Waals surface area contributed by atoms with E-state index in [0.29, 0.717) is 12.3 Å². The average Bonchev–Trinajstić information content (AvgIpc) is 3.16. The zero-order valence-corrected chi connectivity index (χ0v) is 14.8. The molecule has 0 unspecified atom stereocenters. The van der Waals surface area contributed by atoms with Crippen molar-refractivity contribution in [1.29, 1.82) is 0 Å². The van der Waals surface area contributed by atoms with Gasteiger partial charge in [0.2, 0.25) is 0 Å². The smallest absolute Gasteiger partial charge is 0.185 e. The zero-order valence-electron chi connectivity index (χ0n) is 14.0. The molecule has 1 N–H and O–H groups in total. The fraction of sp³-hybridized carbons (Fsp3) is 0.471. The fourth-order valence-corrected chi connectivity index (χ4v) is 3.63. The molecular formula is C17H23N3O3S. The summed E-state index contributed by atoms with van der Waals surface area (Å²) in [5.74, 6) is 1.41. The van der Waals surface area contributed by atoms with Crippen LogP contribution >= 0.6 is 11.3 Å². The number of hydrogen-bond donors (Lipinski definition) is 1. The number of aliphatic hydroxyl groups is 1. The van der Waals surface area contributed by atoms with Gasteiger partial charge in [0.1, 0.15) is 11.5 Å². The fourth-order valence-electron chi connectivity index (χ4n) is 2.94. The van der Waals surface area contributed by atoms with Crippen LogP contribution in [0.15, 0.2) is 29.8 Å². The van der Waals surface area contributed by atoms with Crippen LogP contribution in [-0.2, 0) is 0 Å². The van der Waals surface area contributed by atoms with E-state index in [-0.39, 0.29) is 0 Å². The number of rotatable bonds is 6. The minimum absolute atomic E-state index is 0.579. The van der Waals surface area contributed by atoms with Gasteiger partial charge in [-0.15, -0.1) is 11.3 Å². The maximum Gasteiger partial charge on any atom is 0.185 e. The van der Waals surface area contributed by atoms with Crippen molar-refractivity contribution in [1.82, 2.24) is 9.88 Å². The predicted molar refractivity (Wildman–Crippen MR) is 95.3 cm³/mol. The lowest BCUT2D eigenvalue weighted by Crippen LogP contribution is -2.47. The standard InChI is InChI=1S/C17H23N3O3S/c1-22-13-3-4-16(23-2)14(11-13)15(21)12-19-6-8-20(9-7-19)17-18-5-10-24-17/h3-5,10-11,15,21H,6-9,12H2,1-2H3/t15-/m0/s1. The SMILES string of the molecule is COc1ccc(OC)c([C@@H](O)CN2CCN(c3nccs3)CC2)c1. The van der Waals surface area contributed by atoms with Gasteiger partial charge < -0.3 is 19.5 Å². The van der Waals surface area contributed by atoms with E-state index in [0.717, 1.165) is 42.6 Å². The van der Waals surface area contributed by atoms with E-state index in [9.17, 15) is 5.11 Å². The summed E-state index contributed by atoms with van der Waals surface area (Å²) in [6, 6.07) is 5.51. The Kier molecular flexibility index (Phi) is 5.55. The first-order chi connectivity index (χ1) is 11.7. The highest BCUT2D eigenvalue weighted by Crippen LogP contribution is 2.30. The summed E-state index contributed by atoms with van der Waals surface area (Å²) in [6.45, 7) is 4.24. The third-order valence-electron chi connectivity index (χ3n) is 4.29. The number of hydrogen-bond acceptors (Lipinski definition) is 7. The van der Waals surface area contributed by atoms with Crippen LogP contribution in [0.4, 0.5) is 5.13 Å². The second-order valence-electron chi connectivity index (χ2n) is 5.73. The molecule has 1 aromatic carbocycles. The molecule has 2 aromatic rings. The Morgan fingerprint density at radius 3 is 2.62 bits per heavy atom. The molecule has 1 aromatic heterocycles. The molecule has 0 aliphatic carbocycles. The van der Waals surface area contributed by atoms with Crippen LogP contribution in [0, 0.1) is 0 Å². The lowest BCUT2D eigenvalue weighted by atomic mass is 10.1. The van der Waals surface area contributed by atoms with Crippen LogP contribution in [0.5, 0.6) is 11.5 Å². The third kappa shape index (κ3) is 3.80. The second kappa shape index (κ2) is 7.83. The first kappa shape index (κ1) is 17.0. The molecular weight excluding hydrogens is 326 g/mol. The number of piperazine rings is 1. The number of nitrogens with zero attached hydrogens (tertiary/aromatic N) is 3. The summed E-state index contributed by atoms with van der Waals surface area (Å²) in [7, 11) is 3.24. The molecule has 6 nitrogen and oxygen atoms in total. The first-order valence-electron chi connectivity index (χ1n) is 7.98. The van der Waals surface area contributed by atoms with E-state index in [1.54, 1.807) is 25.6 Å². The lowest BCUT2D eigenvalue weighted by Gasteiger charge is -2.35. The molecule has 130 valence electrons. The molecule has 3 rings (SSSR count). The van der Waals surface area contributed by atoms with E-state index in [2.05, 4.69) is 14.8 Å². The van der Waals surface area contributed by atoms with Gasteiger partial charge in [-0.1, -0.05) is 0 Å². The molecule has 2 heterocycles. The topological polar surface area (TPSA) is 58.1 Å². The van der Waals surface area contributed by atoms with E-state index < -0.39 is 6.10 Å². The van der Waals surface area contributed by atoms with Gasteiger partial charge in [-0.05, 0) is 18.2 Å². The number of benzene rings is 1. The van der Waals surface area contributed by atoms with Gasteiger partial charge in [-0.25, -0.2) is 4.98 Å². The van der Waals surface area contributed by atoms with Crippen LogP contribution < -0.4 is 14.4 Å². The summed E-state index contributed by atoms with van der Waals surface area (Å²) in [5.41, 5.74) is 0.763. The van der Waals surface area contributed by atoms with Crippen molar-refractivity contribution in [3.8, 4) is 11.5 Å². The Hall–Kier alpha value is -1.83. The van der Waals surface area contributed by atoms with Gasteiger partial charge in [0.05, 0.1) is 20.3 Å². The number of β-amino-alcohol motifs (C(OH)–C–C–N with tert-alkyl or cyclic N) is 1. The Morgan fingerprint density at radius 1 is 1.21 bits per heavy atom. The minimum Gasteiger partial charge on any atom is -0.497 e. The largest absolute Gasteiger partial charge is 0.497 e. The van der Waals surface area contributed by atoms with Gasteiger partial charge in [0.25, 0.3) is 0 Å². The molecule has 0 radical (unpaired) electrons. The number of ether oxygens (including phenoxy) is 2. The van der Waals surface area contributed by atoms with Crippen LogP contribution in [0.25, 0.3) is 0 Å². The number of aliphatic hydroxyl groups excluding tert-OH is 1. The number of thiazole rings is 1. The Balaban J connectivity index is 1.60. The van der Waals surface area contributed by atoms with Crippen LogP contribution in [0.3, 0.4) is 0 Å². The Labute approximate surface area is 146 Å². The molecule has 1 saturated heterocycles. The first-order valence-corrected chi connectivity index (χ1v) is 8.86.